The number of halogens is 2. The minimum absolute atomic E-state index is 0.0521. The Morgan fingerprint density at radius 3 is 2.70 bits per heavy atom. The van der Waals surface area contributed by atoms with E-state index in [1.54, 1.807) is 24.1 Å². The van der Waals surface area contributed by atoms with E-state index in [9.17, 15) is 19.1 Å². The summed E-state index contributed by atoms with van der Waals surface area (Å²) in [5.74, 6) is 0.280. The summed E-state index contributed by atoms with van der Waals surface area (Å²) in [5, 5.41) is 20.0. The number of aromatic nitrogens is 2. The molecule has 30 heavy (non-hydrogen) atoms. The number of allylic oxidation sites excluding steroid dienone is 1. The van der Waals surface area contributed by atoms with Gasteiger partial charge >= 0.3 is 6.61 Å². The minimum Gasteiger partial charge on any atom is -0.509 e. The van der Waals surface area contributed by atoms with Gasteiger partial charge in [-0.1, -0.05) is 18.2 Å². The number of nitrogens with zero attached hydrogens (tertiary/aromatic N) is 3. The maximum Gasteiger partial charge on any atom is 0.387 e. The molecule has 0 unspecified atom stereocenters. The number of aliphatic hydroxyl groups excluding tert-OH is 1. The predicted octanol–water partition coefficient (Wildman–Crippen LogP) is 4.10. The van der Waals surface area contributed by atoms with E-state index in [0.717, 1.165) is 11.1 Å². The van der Waals surface area contributed by atoms with E-state index in [1.807, 2.05) is 30.3 Å². The van der Waals surface area contributed by atoms with Crippen LogP contribution in [0.3, 0.4) is 0 Å². The van der Waals surface area contributed by atoms with E-state index in [-0.39, 0.29) is 29.4 Å². The van der Waals surface area contributed by atoms with Gasteiger partial charge in [0.1, 0.15) is 17.4 Å². The van der Waals surface area contributed by atoms with Crippen molar-refractivity contribution in [3.63, 3.8) is 0 Å². The number of fused-ring (bicyclic) bond motifs is 1. The summed E-state index contributed by atoms with van der Waals surface area (Å²) in [7, 11) is 3.11. The van der Waals surface area contributed by atoms with Gasteiger partial charge in [-0.05, 0) is 36.9 Å². The van der Waals surface area contributed by atoms with E-state index in [4.69, 9.17) is 4.74 Å². The molecule has 0 bridgehead atoms. The number of hydrogen-bond acceptors (Lipinski definition) is 6. The van der Waals surface area contributed by atoms with Crippen LogP contribution in [0.4, 0.5) is 8.78 Å². The van der Waals surface area contributed by atoms with Gasteiger partial charge in [0.2, 0.25) is 0 Å². The van der Waals surface area contributed by atoms with E-state index < -0.39 is 6.61 Å². The second-order valence-corrected chi connectivity index (χ2v) is 6.57. The molecule has 3 rings (SSSR count). The largest absolute Gasteiger partial charge is 0.509 e. The number of H-pyrrole nitrogens is 1. The molecule has 2 aromatic carbocycles. The number of methoxy groups -OCH3 is 1. The fourth-order valence-electron chi connectivity index (χ4n) is 3.03. The predicted molar refractivity (Wildman–Crippen MR) is 107 cm³/mol. The van der Waals surface area contributed by atoms with Crippen LogP contribution in [0.25, 0.3) is 16.6 Å². The molecule has 7 nitrogen and oxygen atoms in total. The van der Waals surface area contributed by atoms with Crippen molar-refractivity contribution in [2.45, 2.75) is 13.2 Å². The van der Waals surface area contributed by atoms with Gasteiger partial charge in [0.15, 0.2) is 17.3 Å². The summed E-state index contributed by atoms with van der Waals surface area (Å²) in [6, 6.07) is 13.9. The molecule has 0 spiro atoms. The van der Waals surface area contributed by atoms with Gasteiger partial charge in [0, 0.05) is 6.54 Å². The standard InChI is InChI=1S/C21H20F2N4O3/c1-27(11-13-7-8-18(30-21(22)23)19(9-13)29-2)12-17(28)14(10-24)20-25-15-5-3-4-6-16(15)26-20/h3-9,21,28H,11-12H2,1-2H3,(H,25,26)/b17-14-. The Hall–Kier alpha value is -3.64. The maximum atomic E-state index is 12.5. The number of para-hydroxylation sites is 2. The number of nitrogens with one attached hydrogen (secondary N) is 1. The smallest absolute Gasteiger partial charge is 0.387 e. The SMILES string of the molecule is COc1cc(CN(C)C/C(O)=C(\C#N)c2nc3ccccc3[nH]2)ccc1OC(F)F. The number of benzene rings is 2. The number of likely N-dealkylation sites (N-methyl/N-ethyl adjacent to an activating group) is 1. The molecule has 0 aliphatic heterocycles. The zero-order chi connectivity index (χ0) is 21.7. The molecule has 9 heteroatoms. The number of alkyl halides is 2. The molecule has 1 heterocycles. The summed E-state index contributed by atoms with van der Waals surface area (Å²) in [4.78, 5) is 9.13. The molecular formula is C21H20F2N4O3. The van der Waals surface area contributed by atoms with Gasteiger partial charge < -0.3 is 19.6 Å². The Bertz CT molecular complexity index is 1070. The van der Waals surface area contributed by atoms with E-state index >= 15 is 0 Å². The van der Waals surface area contributed by atoms with Crippen molar-refractivity contribution in [1.82, 2.24) is 14.9 Å². The van der Waals surface area contributed by atoms with Gasteiger partial charge in [-0.25, -0.2) is 4.98 Å². The van der Waals surface area contributed by atoms with Crippen LogP contribution in [0, 0.1) is 11.3 Å². The molecule has 0 atom stereocenters. The van der Waals surface area contributed by atoms with Crippen molar-refractivity contribution < 1.29 is 23.4 Å². The molecule has 0 aliphatic rings. The monoisotopic (exact) mass is 414 g/mol. The van der Waals surface area contributed by atoms with Crippen LogP contribution in [0.2, 0.25) is 0 Å². The number of rotatable bonds is 8. The first kappa shape index (κ1) is 21.1. The highest BCUT2D eigenvalue weighted by atomic mass is 19.3. The van der Waals surface area contributed by atoms with Gasteiger partial charge in [-0.2, -0.15) is 14.0 Å². The highest BCUT2D eigenvalue weighted by molar-refractivity contribution is 5.82. The zero-order valence-corrected chi connectivity index (χ0v) is 16.4. The second-order valence-electron chi connectivity index (χ2n) is 6.57. The fraction of sp³-hybridized carbons (Fsp3) is 0.238. The molecule has 0 amide bonds. The fourth-order valence-corrected chi connectivity index (χ4v) is 3.03. The maximum absolute atomic E-state index is 12.5. The van der Waals surface area contributed by atoms with Crippen molar-refractivity contribution in [2.75, 3.05) is 20.7 Å². The van der Waals surface area contributed by atoms with Crippen molar-refractivity contribution in [3.05, 3.63) is 59.6 Å². The zero-order valence-electron chi connectivity index (χ0n) is 16.4. The third kappa shape index (κ3) is 4.85. The third-order valence-corrected chi connectivity index (χ3v) is 4.34. The van der Waals surface area contributed by atoms with Crippen LogP contribution in [0.15, 0.2) is 48.2 Å². The highest BCUT2D eigenvalue weighted by Gasteiger charge is 2.16. The number of aliphatic hydroxyl groups is 1. The summed E-state index contributed by atoms with van der Waals surface area (Å²) in [6.45, 7) is -2.50. The molecule has 156 valence electrons. The van der Waals surface area contributed by atoms with Crippen LogP contribution in [-0.2, 0) is 6.54 Å². The highest BCUT2D eigenvalue weighted by Crippen LogP contribution is 2.30. The molecule has 0 fully saturated rings. The van der Waals surface area contributed by atoms with Gasteiger partial charge in [0.25, 0.3) is 0 Å². The lowest BCUT2D eigenvalue weighted by Gasteiger charge is -2.18. The summed E-state index contributed by atoms with van der Waals surface area (Å²) in [5.41, 5.74) is 2.27. The van der Waals surface area contributed by atoms with Crippen LogP contribution in [0.5, 0.6) is 11.5 Å². The molecule has 2 N–H and O–H groups in total. The van der Waals surface area contributed by atoms with Crippen molar-refractivity contribution >= 4 is 16.6 Å². The Balaban J connectivity index is 1.75. The second kappa shape index (κ2) is 9.24. The molecular weight excluding hydrogens is 394 g/mol. The van der Waals surface area contributed by atoms with Crippen molar-refractivity contribution in [2.24, 2.45) is 0 Å². The lowest BCUT2D eigenvalue weighted by molar-refractivity contribution is -0.0512. The normalized spacial score (nSPS) is 12.2. The number of aromatic amines is 1. The Morgan fingerprint density at radius 2 is 2.03 bits per heavy atom. The average molecular weight is 414 g/mol. The molecule has 0 saturated heterocycles. The summed E-state index contributed by atoms with van der Waals surface area (Å²) >= 11 is 0. The Labute approximate surface area is 171 Å². The topological polar surface area (TPSA) is 94.4 Å². The Kier molecular flexibility index (Phi) is 6.49. The summed E-state index contributed by atoms with van der Waals surface area (Å²) < 4.78 is 34.4. The quantitative estimate of drug-likeness (QED) is 0.426. The van der Waals surface area contributed by atoms with Crippen molar-refractivity contribution in [1.29, 1.82) is 5.26 Å². The Morgan fingerprint density at radius 1 is 1.27 bits per heavy atom. The third-order valence-electron chi connectivity index (χ3n) is 4.34. The molecule has 0 aliphatic carbocycles. The minimum atomic E-state index is -2.95. The number of ether oxygens (including phenoxy) is 2. The van der Waals surface area contributed by atoms with Crippen LogP contribution in [-0.4, -0.2) is 47.3 Å². The van der Waals surface area contributed by atoms with E-state index in [1.165, 1.54) is 13.2 Å². The van der Waals surface area contributed by atoms with Gasteiger partial charge in [-0.3, -0.25) is 4.90 Å². The summed E-state index contributed by atoms with van der Waals surface area (Å²) in [6.07, 6.45) is 0. The molecule has 3 aromatic rings. The first-order chi connectivity index (χ1) is 14.4. The molecule has 0 radical (unpaired) electrons. The van der Waals surface area contributed by atoms with E-state index in [2.05, 4.69) is 14.7 Å². The van der Waals surface area contributed by atoms with Crippen molar-refractivity contribution in [3.8, 4) is 17.6 Å². The van der Waals surface area contributed by atoms with Crippen LogP contribution >= 0.6 is 0 Å². The lowest BCUT2D eigenvalue weighted by atomic mass is 10.1. The van der Waals surface area contributed by atoms with Gasteiger partial charge in [0.05, 0.1) is 24.7 Å². The first-order valence-corrected chi connectivity index (χ1v) is 8.99. The van der Waals surface area contributed by atoms with E-state index in [0.29, 0.717) is 17.9 Å². The number of hydrogen-bond donors (Lipinski definition) is 2. The average Bonchev–Trinajstić information content (AvgIpc) is 3.12. The number of imidazole rings is 1. The number of nitriles is 1. The lowest BCUT2D eigenvalue weighted by Crippen LogP contribution is -2.21. The first-order valence-electron chi connectivity index (χ1n) is 8.99. The van der Waals surface area contributed by atoms with Crippen LogP contribution < -0.4 is 9.47 Å². The van der Waals surface area contributed by atoms with Crippen LogP contribution in [0.1, 0.15) is 11.4 Å². The van der Waals surface area contributed by atoms with Gasteiger partial charge in [-0.15, -0.1) is 0 Å². The molecule has 0 saturated carbocycles. The molecule has 1 aromatic heterocycles.